The molecule has 1 aliphatic rings. The number of nitrogens with zero attached hydrogens (tertiary/aromatic N) is 7. The standard InChI is InChI=1S/C36H36N8O4/c37-43-41-31-16-6-4-14-28(31)25-36(35(46)39-22-9-8-13-26-11-2-1-3-12-26)33(30-15-5-7-17-32(30)42-44-38)48-34(40-36)27-18-20-29(21-19-27)47-24-10-23-45/h1-7,11-12,14-21,33,45H,8-10,13,22-25H2,(H,39,46)/t33-,36-/m1/s1. The number of ether oxygens (including phenoxy) is 2. The van der Waals surface area contributed by atoms with Crippen LogP contribution in [0.1, 0.15) is 47.6 Å². The molecular formula is C36H36N8O4. The number of hydrogen-bond donors (Lipinski definition) is 2. The first kappa shape index (κ1) is 33.6. The van der Waals surface area contributed by atoms with Crippen LogP contribution >= 0.6 is 0 Å². The van der Waals surface area contributed by atoms with Gasteiger partial charge in [-0.3, -0.25) is 4.79 Å². The molecule has 0 aliphatic carbocycles. The van der Waals surface area contributed by atoms with Crippen LogP contribution in [-0.4, -0.2) is 42.2 Å². The Labute approximate surface area is 278 Å². The minimum atomic E-state index is -1.58. The van der Waals surface area contributed by atoms with E-state index in [0.717, 1.165) is 19.3 Å². The number of aliphatic hydroxyl groups is 1. The van der Waals surface area contributed by atoms with Gasteiger partial charge in [0, 0.05) is 58.3 Å². The van der Waals surface area contributed by atoms with E-state index < -0.39 is 11.6 Å². The number of aliphatic hydroxyl groups excluding tert-OH is 1. The Kier molecular flexibility index (Phi) is 11.7. The van der Waals surface area contributed by atoms with E-state index in [0.29, 0.717) is 53.4 Å². The molecule has 0 bridgehead atoms. The van der Waals surface area contributed by atoms with Gasteiger partial charge in [-0.05, 0) is 65.7 Å². The molecule has 2 atom stereocenters. The van der Waals surface area contributed by atoms with Crippen LogP contribution in [0.15, 0.2) is 118 Å². The maximum atomic E-state index is 14.6. The first-order chi connectivity index (χ1) is 23.6. The van der Waals surface area contributed by atoms with Crippen molar-refractivity contribution in [3.63, 3.8) is 0 Å². The molecule has 0 saturated carbocycles. The molecule has 12 heteroatoms. The van der Waals surface area contributed by atoms with Gasteiger partial charge in [-0.2, -0.15) is 0 Å². The maximum Gasteiger partial charge on any atom is 0.252 e. The molecule has 12 nitrogen and oxygen atoms in total. The van der Waals surface area contributed by atoms with Gasteiger partial charge in [-0.1, -0.05) is 89.1 Å². The lowest BCUT2D eigenvalue weighted by Crippen LogP contribution is -2.50. The fourth-order valence-corrected chi connectivity index (χ4v) is 5.66. The van der Waals surface area contributed by atoms with Crippen LogP contribution in [0.3, 0.4) is 0 Å². The zero-order valence-corrected chi connectivity index (χ0v) is 26.4. The van der Waals surface area contributed by atoms with Gasteiger partial charge in [-0.25, -0.2) is 4.99 Å². The van der Waals surface area contributed by atoms with Crippen LogP contribution in [0.25, 0.3) is 20.9 Å². The van der Waals surface area contributed by atoms with Crippen LogP contribution in [0, 0.1) is 0 Å². The first-order valence-electron chi connectivity index (χ1n) is 15.8. The third kappa shape index (κ3) is 8.12. The average Bonchev–Trinajstić information content (AvgIpc) is 3.50. The Hall–Kier alpha value is -5.80. The highest BCUT2D eigenvalue weighted by Crippen LogP contribution is 2.46. The topological polar surface area (TPSA) is 178 Å². The van der Waals surface area contributed by atoms with Crippen LogP contribution in [-0.2, 0) is 22.4 Å². The molecule has 0 spiro atoms. The lowest BCUT2D eigenvalue weighted by molar-refractivity contribution is -0.128. The molecule has 0 aromatic heterocycles. The predicted molar refractivity (Wildman–Crippen MR) is 183 cm³/mol. The number of hydrogen-bond acceptors (Lipinski definition) is 7. The predicted octanol–water partition coefficient (Wildman–Crippen LogP) is 7.97. The van der Waals surface area contributed by atoms with E-state index in [1.54, 1.807) is 72.8 Å². The summed E-state index contributed by atoms with van der Waals surface area (Å²) in [5.74, 6) is 0.453. The largest absolute Gasteiger partial charge is 0.494 e. The Balaban J connectivity index is 1.54. The summed E-state index contributed by atoms with van der Waals surface area (Å²) in [5.41, 5.74) is 20.7. The summed E-state index contributed by atoms with van der Waals surface area (Å²) < 4.78 is 12.3. The molecule has 5 rings (SSSR count). The molecule has 0 fully saturated rings. The summed E-state index contributed by atoms with van der Waals surface area (Å²) in [6.07, 6.45) is 2.02. The third-order valence-corrected chi connectivity index (χ3v) is 8.03. The smallest absolute Gasteiger partial charge is 0.252 e. The second kappa shape index (κ2) is 16.7. The second-order valence-electron chi connectivity index (χ2n) is 11.2. The van der Waals surface area contributed by atoms with Gasteiger partial charge in [0.25, 0.3) is 5.91 Å². The van der Waals surface area contributed by atoms with Crippen LogP contribution in [0.4, 0.5) is 11.4 Å². The van der Waals surface area contributed by atoms with Gasteiger partial charge in [-0.15, -0.1) is 0 Å². The average molecular weight is 645 g/mol. The number of azide groups is 2. The first-order valence-corrected chi connectivity index (χ1v) is 15.8. The number of amides is 1. The highest BCUT2D eigenvalue weighted by Gasteiger charge is 2.54. The second-order valence-corrected chi connectivity index (χ2v) is 11.2. The van der Waals surface area contributed by atoms with E-state index in [1.807, 2.05) is 18.2 Å². The van der Waals surface area contributed by atoms with Crippen molar-refractivity contribution in [1.29, 1.82) is 0 Å². The van der Waals surface area contributed by atoms with E-state index in [4.69, 9.17) is 19.6 Å². The van der Waals surface area contributed by atoms with Crippen molar-refractivity contribution >= 4 is 23.2 Å². The summed E-state index contributed by atoms with van der Waals surface area (Å²) >= 11 is 0. The van der Waals surface area contributed by atoms with E-state index in [1.165, 1.54) is 5.56 Å². The lowest BCUT2D eigenvalue weighted by atomic mass is 9.81. The number of aliphatic imine (C=N–C) groups is 1. The highest BCUT2D eigenvalue weighted by atomic mass is 16.5. The number of unbranched alkanes of at least 4 members (excludes halogenated alkanes) is 1. The number of carbonyl (C=O) groups is 1. The van der Waals surface area contributed by atoms with Gasteiger partial charge in [0.2, 0.25) is 5.90 Å². The molecule has 1 heterocycles. The van der Waals surface area contributed by atoms with Crippen LogP contribution < -0.4 is 10.1 Å². The van der Waals surface area contributed by atoms with Gasteiger partial charge >= 0.3 is 0 Å². The molecule has 4 aromatic rings. The normalized spacial score (nSPS) is 16.5. The minimum Gasteiger partial charge on any atom is -0.494 e. The molecule has 1 aliphatic heterocycles. The Morgan fingerprint density at radius 3 is 2.31 bits per heavy atom. The monoisotopic (exact) mass is 644 g/mol. The number of aryl methyl sites for hydroxylation is 1. The maximum absolute atomic E-state index is 14.6. The van der Waals surface area contributed by atoms with E-state index in [2.05, 4.69) is 37.5 Å². The molecule has 1 amide bonds. The Morgan fingerprint density at radius 1 is 0.875 bits per heavy atom. The number of benzene rings is 4. The molecule has 0 radical (unpaired) electrons. The minimum absolute atomic E-state index is 0.0269. The molecule has 2 N–H and O–H groups in total. The molecular weight excluding hydrogens is 608 g/mol. The molecule has 0 unspecified atom stereocenters. The summed E-state index contributed by atoms with van der Waals surface area (Å²) in [5, 5.41) is 20.0. The van der Waals surface area contributed by atoms with E-state index >= 15 is 0 Å². The van der Waals surface area contributed by atoms with Crippen LogP contribution in [0.5, 0.6) is 5.75 Å². The highest BCUT2D eigenvalue weighted by molar-refractivity contribution is 6.01. The fourth-order valence-electron chi connectivity index (χ4n) is 5.66. The van der Waals surface area contributed by atoms with Crippen molar-refractivity contribution < 1.29 is 19.4 Å². The SMILES string of the molecule is [N-]=[N+]=Nc1ccccc1C[C@@]1(C(=O)NCCCCc2ccccc2)N=C(c2ccc(OCCCO)cc2)O[C@@H]1c1ccccc1N=[N+]=[N-]. The summed E-state index contributed by atoms with van der Waals surface area (Å²) in [6, 6.07) is 31.3. The lowest BCUT2D eigenvalue weighted by Gasteiger charge is -2.31. The fraction of sp³-hybridized carbons (Fsp3) is 0.278. The van der Waals surface area contributed by atoms with Crippen molar-refractivity contribution in [2.45, 2.75) is 43.7 Å². The summed E-state index contributed by atoms with van der Waals surface area (Å²) in [7, 11) is 0. The summed E-state index contributed by atoms with van der Waals surface area (Å²) in [6.45, 7) is 0.799. The van der Waals surface area contributed by atoms with Crippen molar-refractivity contribution in [1.82, 2.24) is 5.32 Å². The Bertz CT molecular complexity index is 1820. The van der Waals surface area contributed by atoms with Crippen molar-refractivity contribution in [3.05, 3.63) is 146 Å². The van der Waals surface area contributed by atoms with Gasteiger partial charge in [0.15, 0.2) is 11.6 Å². The molecule has 244 valence electrons. The third-order valence-electron chi connectivity index (χ3n) is 8.03. The van der Waals surface area contributed by atoms with Crippen molar-refractivity contribution in [3.8, 4) is 5.75 Å². The number of nitrogens with one attached hydrogen (secondary N) is 1. The molecule has 48 heavy (non-hydrogen) atoms. The zero-order valence-electron chi connectivity index (χ0n) is 26.4. The van der Waals surface area contributed by atoms with E-state index in [-0.39, 0.29) is 24.8 Å². The van der Waals surface area contributed by atoms with Gasteiger partial charge in [0.1, 0.15) is 5.75 Å². The molecule has 0 saturated heterocycles. The summed E-state index contributed by atoms with van der Waals surface area (Å²) in [4.78, 5) is 25.6. The van der Waals surface area contributed by atoms with E-state index in [9.17, 15) is 15.9 Å². The number of carbonyl (C=O) groups excluding carboxylic acids is 1. The van der Waals surface area contributed by atoms with Crippen molar-refractivity contribution in [2.24, 2.45) is 15.2 Å². The van der Waals surface area contributed by atoms with Crippen molar-refractivity contribution in [2.75, 3.05) is 19.8 Å². The molecule has 4 aromatic carbocycles. The van der Waals surface area contributed by atoms with Crippen LogP contribution in [0.2, 0.25) is 0 Å². The van der Waals surface area contributed by atoms with Gasteiger partial charge < -0.3 is 19.9 Å². The quantitative estimate of drug-likeness (QED) is 0.0544. The number of rotatable bonds is 16. The Morgan fingerprint density at radius 2 is 1.56 bits per heavy atom. The van der Waals surface area contributed by atoms with Gasteiger partial charge in [0.05, 0.1) is 6.61 Å². The zero-order chi connectivity index (χ0) is 33.6.